The third-order valence-corrected chi connectivity index (χ3v) is 6.28. The number of benzene rings is 2. The Balaban J connectivity index is 2.03. The number of nitriles is 1. The minimum atomic E-state index is -4.80. The molecule has 0 amide bonds. The molecule has 1 fully saturated rings. The number of nitrogens with zero attached hydrogens (tertiary/aromatic N) is 1. The van der Waals surface area contributed by atoms with E-state index in [-0.39, 0.29) is 0 Å². The fourth-order valence-corrected chi connectivity index (χ4v) is 4.45. The first-order valence-corrected chi connectivity index (χ1v) is 9.74. The molecular weight excluding hydrogens is 431 g/mol. The molecule has 0 unspecified atom stereocenters. The number of carboxylic acid groups (broad SMARTS) is 1. The van der Waals surface area contributed by atoms with Crippen molar-refractivity contribution in [1.29, 1.82) is 5.26 Å². The van der Waals surface area contributed by atoms with Crippen LogP contribution in [0.1, 0.15) is 25.3 Å². The molecule has 0 heterocycles. The van der Waals surface area contributed by atoms with Gasteiger partial charge in [-0.2, -0.15) is 18.4 Å². The Labute approximate surface area is 182 Å². The van der Waals surface area contributed by atoms with Gasteiger partial charge in [0, 0.05) is 5.92 Å². The van der Waals surface area contributed by atoms with Crippen LogP contribution in [0.5, 0.6) is 11.5 Å². The fourth-order valence-electron chi connectivity index (χ4n) is 4.32. The Bertz CT molecular complexity index is 1060. The van der Waals surface area contributed by atoms with Gasteiger partial charge in [0.05, 0.1) is 12.0 Å². The standard InChI is InChI=1S/C23H19ClF3NO3/c1-21(2)18(12-19(24)23(25,26)27)22(21,20(29)30)17(13-28)14-7-6-10-16(11-14)31-15-8-4-3-5-9-15/h3-12,17-18H,1-2H3,(H,29,30)/b19-12+/t17-,18-,22-/m1/s1. The highest BCUT2D eigenvalue weighted by atomic mass is 35.5. The molecular formula is C23H19ClF3NO3. The maximum absolute atomic E-state index is 13.0. The molecule has 2 aromatic carbocycles. The zero-order valence-electron chi connectivity index (χ0n) is 16.7. The zero-order valence-corrected chi connectivity index (χ0v) is 17.4. The van der Waals surface area contributed by atoms with E-state index in [2.05, 4.69) is 0 Å². The van der Waals surface area contributed by atoms with Gasteiger partial charge in [0.1, 0.15) is 21.9 Å². The van der Waals surface area contributed by atoms with Crippen LogP contribution >= 0.6 is 11.6 Å². The van der Waals surface area contributed by atoms with Crippen molar-refractivity contribution in [1.82, 2.24) is 0 Å². The monoisotopic (exact) mass is 449 g/mol. The molecule has 0 spiro atoms. The lowest BCUT2D eigenvalue weighted by atomic mass is 9.78. The molecule has 0 aliphatic heterocycles. The number of carboxylic acids is 1. The van der Waals surface area contributed by atoms with Crippen LogP contribution in [0.4, 0.5) is 13.2 Å². The molecule has 2 aromatic rings. The normalized spacial score (nSPS) is 23.5. The van der Waals surface area contributed by atoms with Crippen molar-refractivity contribution in [2.45, 2.75) is 25.9 Å². The Morgan fingerprint density at radius 3 is 2.35 bits per heavy atom. The minimum absolute atomic E-state index is 0.338. The number of halogens is 4. The summed E-state index contributed by atoms with van der Waals surface area (Å²) < 4.78 is 44.7. The van der Waals surface area contributed by atoms with Crippen molar-refractivity contribution in [2.24, 2.45) is 16.7 Å². The molecule has 0 bridgehead atoms. The van der Waals surface area contributed by atoms with Crippen molar-refractivity contribution in [2.75, 3.05) is 0 Å². The summed E-state index contributed by atoms with van der Waals surface area (Å²) in [6.07, 6.45) is -4.08. The van der Waals surface area contributed by atoms with E-state index >= 15 is 0 Å². The molecule has 1 aliphatic carbocycles. The van der Waals surface area contributed by atoms with Gasteiger partial charge in [-0.05, 0) is 35.2 Å². The highest BCUT2D eigenvalue weighted by Gasteiger charge is 2.78. The molecule has 0 aromatic heterocycles. The molecule has 31 heavy (non-hydrogen) atoms. The molecule has 162 valence electrons. The second kappa shape index (κ2) is 7.93. The Kier molecular flexibility index (Phi) is 5.81. The van der Waals surface area contributed by atoms with E-state index in [9.17, 15) is 28.3 Å². The van der Waals surface area contributed by atoms with E-state index in [1.165, 1.54) is 19.9 Å². The summed E-state index contributed by atoms with van der Waals surface area (Å²) in [7, 11) is 0. The summed E-state index contributed by atoms with van der Waals surface area (Å²) in [5.41, 5.74) is -2.58. The van der Waals surface area contributed by atoms with E-state index in [0.29, 0.717) is 23.1 Å². The maximum Gasteiger partial charge on any atom is 0.426 e. The van der Waals surface area contributed by atoms with Gasteiger partial charge >= 0.3 is 12.1 Å². The highest BCUT2D eigenvalue weighted by molar-refractivity contribution is 6.30. The molecule has 3 atom stereocenters. The summed E-state index contributed by atoms with van der Waals surface area (Å²) in [5, 5.41) is 18.6. The average molecular weight is 450 g/mol. The predicted octanol–water partition coefficient (Wildman–Crippen LogP) is 6.50. The number of hydrogen-bond donors (Lipinski definition) is 1. The summed E-state index contributed by atoms with van der Waals surface area (Å²) in [6.45, 7) is 3.05. The van der Waals surface area contributed by atoms with Gasteiger partial charge in [-0.25, -0.2) is 0 Å². The molecule has 0 saturated heterocycles. The number of alkyl halides is 3. The van der Waals surface area contributed by atoms with Crippen molar-refractivity contribution in [3.63, 3.8) is 0 Å². The van der Waals surface area contributed by atoms with Crippen molar-refractivity contribution in [3.05, 3.63) is 71.3 Å². The van der Waals surface area contributed by atoms with Crippen LogP contribution in [0.3, 0.4) is 0 Å². The lowest BCUT2D eigenvalue weighted by Gasteiger charge is -2.22. The fraction of sp³-hybridized carbons (Fsp3) is 0.304. The van der Waals surface area contributed by atoms with Crippen LogP contribution in [0.15, 0.2) is 65.7 Å². The lowest BCUT2D eigenvalue weighted by molar-refractivity contribution is -0.145. The number of para-hydroxylation sites is 1. The SMILES string of the molecule is CC1(C)[C@@H](/C=C(/Cl)C(F)(F)F)[C@@]1(C(=O)O)[C@H](C#N)c1cccc(Oc2ccccc2)c1. The average Bonchev–Trinajstić information content (AvgIpc) is 3.18. The first kappa shape index (κ1) is 22.7. The second-order valence-electron chi connectivity index (χ2n) is 7.94. The van der Waals surface area contributed by atoms with E-state index in [1.807, 2.05) is 12.1 Å². The third-order valence-electron chi connectivity index (χ3n) is 5.94. The minimum Gasteiger partial charge on any atom is -0.481 e. The largest absolute Gasteiger partial charge is 0.481 e. The Hall–Kier alpha value is -2.98. The predicted molar refractivity (Wildman–Crippen MR) is 109 cm³/mol. The molecule has 0 radical (unpaired) electrons. The number of aliphatic carboxylic acids is 1. The third kappa shape index (κ3) is 3.88. The van der Waals surface area contributed by atoms with Gasteiger partial charge in [-0.3, -0.25) is 4.79 Å². The van der Waals surface area contributed by atoms with Crippen LogP contribution in [0.2, 0.25) is 0 Å². The van der Waals surface area contributed by atoms with E-state index in [0.717, 1.165) is 0 Å². The molecule has 3 rings (SSSR count). The molecule has 8 heteroatoms. The van der Waals surface area contributed by atoms with Gasteiger partial charge < -0.3 is 9.84 Å². The quantitative estimate of drug-likeness (QED) is 0.546. The smallest absolute Gasteiger partial charge is 0.426 e. The lowest BCUT2D eigenvalue weighted by Crippen LogP contribution is -2.29. The maximum atomic E-state index is 13.0. The van der Waals surface area contributed by atoms with Crippen LogP contribution in [-0.2, 0) is 4.79 Å². The van der Waals surface area contributed by atoms with Crippen LogP contribution in [-0.4, -0.2) is 17.3 Å². The summed E-state index contributed by atoms with van der Waals surface area (Å²) in [5.74, 6) is -2.74. The van der Waals surface area contributed by atoms with E-state index in [1.54, 1.807) is 42.5 Å². The van der Waals surface area contributed by atoms with Crippen LogP contribution in [0, 0.1) is 28.1 Å². The van der Waals surface area contributed by atoms with Gasteiger partial charge in [0.15, 0.2) is 0 Å². The van der Waals surface area contributed by atoms with E-state index in [4.69, 9.17) is 16.3 Å². The van der Waals surface area contributed by atoms with Crippen molar-refractivity contribution in [3.8, 4) is 17.6 Å². The van der Waals surface area contributed by atoms with Crippen LogP contribution < -0.4 is 4.74 Å². The topological polar surface area (TPSA) is 70.3 Å². The second-order valence-corrected chi connectivity index (χ2v) is 8.34. The number of carbonyl (C=O) groups is 1. The highest BCUT2D eigenvalue weighted by Crippen LogP contribution is 2.75. The molecule has 1 N–H and O–H groups in total. The molecule has 4 nitrogen and oxygen atoms in total. The van der Waals surface area contributed by atoms with Gasteiger partial charge in [-0.1, -0.05) is 61.9 Å². The summed E-state index contributed by atoms with van der Waals surface area (Å²) >= 11 is 5.40. The summed E-state index contributed by atoms with van der Waals surface area (Å²) in [4.78, 5) is 12.4. The molecule has 1 aliphatic rings. The van der Waals surface area contributed by atoms with E-state index < -0.39 is 39.8 Å². The van der Waals surface area contributed by atoms with Crippen molar-refractivity contribution >= 4 is 17.6 Å². The van der Waals surface area contributed by atoms with Crippen molar-refractivity contribution < 1.29 is 27.8 Å². The Morgan fingerprint density at radius 1 is 1.19 bits per heavy atom. The first-order valence-electron chi connectivity index (χ1n) is 9.36. The van der Waals surface area contributed by atoms with Gasteiger partial charge in [-0.15, -0.1) is 0 Å². The first-order chi connectivity index (χ1) is 14.5. The summed E-state index contributed by atoms with van der Waals surface area (Å²) in [6, 6.07) is 17.2. The zero-order chi connectivity index (χ0) is 23.0. The number of allylic oxidation sites excluding steroid dienone is 2. The Morgan fingerprint density at radius 2 is 1.81 bits per heavy atom. The number of hydrogen-bond acceptors (Lipinski definition) is 3. The van der Waals surface area contributed by atoms with Crippen LogP contribution in [0.25, 0.3) is 0 Å². The number of ether oxygens (including phenoxy) is 1. The van der Waals surface area contributed by atoms with Gasteiger partial charge in [0.2, 0.25) is 0 Å². The number of rotatable bonds is 6. The van der Waals surface area contributed by atoms with Gasteiger partial charge in [0.25, 0.3) is 0 Å². The molecule has 1 saturated carbocycles.